The Balaban J connectivity index is 2.35. The van der Waals surface area contributed by atoms with Crippen molar-refractivity contribution in [3.8, 4) is 5.75 Å². The molecule has 2 aromatic carbocycles. The van der Waals surface area contributed by atoms with E-state index in [1.807, 2.05) is 42.5 Å². The first-order valence-corrected chi connectivity index (χ1v) is 8.25. The Morgan fingerprint density at radius 2 is 1.65 bits per heavy atom. The summed E-state index contributed by atoms with van der Waals surface area (Å²) in [4.78, 5) is 13.9. The van der Waals surface area contributed by atoms with Gasteiger partial charge in [0.15, 0.2) is 10.8 Å². The van der Waals surface area contributed by atoms with Crippen LogP contribution in [0.15, 0.2) is 59.5 Å². The molecule has 0 spiro atoms. The zero-order valence-electron chi connectivity index (χ0n) is 13.2. The van der Waals surface area contributed by atoms with E-state index < -0.39 is 4.75 Å². The molecule has 0 saturated carbocycles. The zero-order valence-corrected chi connectivity index (χ0v) is 14.9. The van der Waals surface area contributed by atoms with Gasteiger partial charge in [-0.15, -0.1) is 11.8 Å². The number of ketones is 1. The highest BCUT2D eigenvalue weighted by molar-refractivity contribution is 8.03. The predicted octanol–water partition coefficient (Wildman–Crippen LogP) is 4.40. The molecule has 0 fully saturated rings. The van der Waals surface area contributed by atoms with Crippen molar-refractivity contribution >= 4 is 34.8 Å². The summed E-state index contributed by atoms with van der Waals surface area (Å²) < 4.78 is 9.41. The third-order valence-electron chi connectivity index (χ3n) is 3.43. The van der Waals surface area contributed by atoms with Gasteiger partial charge in [0.2, 0.25) is 0 Å². The predicted molar refractivity (Wildman–Crippen MR) is 97.6 cm³/mol. The zero-order chi connectivity index (χ0) is 16.9. The molecule has 0 heterocycles. The molecule has 0 N–H and O–H groups in total. The van der Waals surface area contributed by atoms with Crippen molar-refractivity contribution in [1.29, 1.82) is 0 Å². The summed E-state index contributed by atoms with van der Waals surface area (Å²) in [6, 6.07) is 16.6. The van der Waals surface area contributed by atoms with E-state index >= 15 is 0 Å². The average molecular weight is 346 g/mol. The number of Topliss-reactive ketones (excluding diaryl/α,β-unsaturated/α-hetero) is 1. The van der Waals surface area contributed by atoms with Gasteiger partial charge in [0, 0.05) is 10.5 Å². The number of thioether (sulfide) groups is 1. The molecule has 0 radical (unpaired) electrons. The highest BCUT2D eigenvalue weighted by Gasteiger charge is 2.40. The molecule has 0 amide bonds. The van der Waals surface area contributed by atoms with Crippen molar-refractivity contribution in [2.75, 3.05) is 14.2 Å². The number of ether oxygens (including phenoxy) is 2. The van der Waals surface area contributed by atoms with Crippen LogP contribution in [0, 0.1) is 0 Å². The Bertz CT molecular complexity index is 683. The SMILES string of the molecule is COC(=S)C(C)(Sc1ccc(OC)cc1)C(=O)c1ccccc1. The van der Waals surface area contributed by atoms with Gasteiger partial charge in [-0.2, -0.15) is 0 Å². The van der Waals surface area contributed by atoms with E-state index in [0.717, 1.165) is 10.6 Å². The lowest BCUT2D eigenvalue weighted by molar-refractivity contribution is 0.0969. The first kappa shape index (κ1) is 17.5. The number of hydrogen-bond acceptors (Lipinski definition) is 5. The quantitative estimate of drug-likeness (QED) is 0.440. The van der Waals surface area contributed by atoms with E-state index in [-0.39, 0.29) is 10.8 Å². The first-order chi connectivity index (χ1) is 11.0. The van der Waals surface area contributed by atoms with Gasteiger partial charge >= 0.3 is 0 Å². The second-order valence-corrected chi connectivity index (χ2v) is 6.86. The van der Waals surface area contributed by atoms with Gasteiger partial charge in [-0.1, -0.05) is 30.3 Å². The molecule has 0 saturated heterocycles. The number of methoxy groups -OCH3 is 2. The molecule has 0 bridgehead atoms. The summed E-state index contributed by atoms with van der Waals surface area (Å²) in [6.07, 6.45) is 0. The molecule has 2 rings (SSSR count). The smallest absolute Gasteiger partial charge is 0.187 e. The van der Waals surface area contributed by atoms with Crippen LogP contribution in [0.5, 0.6) is 5.75 Å². The molecule has 1 atom stereocenters. The van der Waals surface area contributed by atoms with Crippen LogP contribution in [0.25, 0.3) is 0 Å². The Morgan fingerprint density at radius 3 is 2.17 bits per heavy atom. The maximum Gasteiger partial charge on any atom is 0.187 e. The van der Waals surface area contributed by atoms with Crippen molar-refractivity contribution in [2.24, 2.45) is 0 Å². The second kappa shape index (κ2) is 7.62. The van der Waals surface area contributed by atoms with Crippen molar-refractivity contribution < 1.29 is 14.3 Å². The van der Waals surface area contributed by atoms with Crippen LogP contribution in [0.3, 0.4) is 0 Å². The Hall–Kier alpha value is -1.85. The molecule has 2 aromatic rings. The molecule has 3 nitrogen and oxygen atoms in total. The lowest BCUT2D eigenvalue weighted by Gasteiger charge is -2.27. The monoisotopic (exact) mass is 346 g/mol. The molecular weight excluding hydrogens is 328 g/mol. The molecule has 120 valence electrons. The van der Waals surface area contributed by atoms with E-state index in [0.29, 0.717) is 5.56 Å². The summed E-state index contributed by atoms with van der Waals surface area (Å²) >= 11 is 6.70. The fraction of sp³-hybridized carbons (Fsp3) is 0.222. The number of benzene rings is 2. The van der Waals surface area contributed by atoms with Crippen molar-refractivity contribution in [3.05, 3.63) is 60.2 Å². The molecule has 0 aliphatic heterocycles. The summed E-state index contributed by atoms with van der Waals surface area (Å²) in [7, 11) is 3.11. The second-order valence-electron chi connectivity index (χ2n) is 5.00. The van der Waals surface area contributed by atoms with Crippen LogP contribution in [0.1, 0.15) is 17.3 Å². The van der Waals surface area contributed by atoms with E-state index in [1.54, 1.807) is 26.2 Å². The molecule has 23 heavy (non-hydrogen) atoms. The highest BCUT2D eigenvalue weighted by Crippen LogP contribution is 2.37. The van der Waals surface area contributed by atoms with Gasteiger partial charge in [0.25, 0.3) is 0 Å². The van der Waals surface area contributed by atoms with Crippen molar-refractivity contribution in [1.82, 2.24) is 0 Å². The van der Waals surface area contributed by atoms with Crippen LogP contribution < -0.4 is 4.74 Å². The molecule has 5 heteroatoms. The van der Waals surface area contributed by atoms with Gasteiger partial charge in [0.1, 0.15) is 10.5 Å². The van der Waals surface area contributed by atoms with Crippen LogP contribution >= 0.6 is 24.0 Å². The molecule has 0 aliphatic carbocycles. The minimum absolute atomic E-state index is 0.0780. The van der Waals surface area contributed by atoms with Gasteiger partial charge in [-0.05, 0) is 43.4 Å². The van der Waals surface area contributed by atoms with Crippen LogP contribution in [-0.4, -0.2) is 29.8 Å². The highest BCUT2D eigenvalue weighted by atomic mass is 32.2. The van der Waals surface area contributed by atoms with Crippen LogP contribution in [0.2, 0.25) is 0 Å². The van der Waals surface area contributed by atoms with Crippen molar-refractivity contribution in [2.45, 2.75) is 16.6 Å². The van der Waals surface area contributed by atoms with Crippen LogP contribution in [-0.2, 0) is 4.74 Å². The standard InChI is InChI=1S/C18H18O3S2/c1-18(17(22)21-3,16(19)13-7-5-4-6-8-13)23-15-11-9-14(20-2)10-12-15/h4-12H,1-3H3. The van der Waals surface area contributed by atoms with Gasteiger partial charge in [0.05, 0.1) is 14.2 Å². The summed E-state index contributed by atoms with van der Waals surface area (Å²) in [5.74, 6) is 0.686. The first-order valence-electron chi connectivity index (χ1n) is 7.02. The lowest BCUT2D eigenvalue weighted by atomic mass is 9.99. The average Bonchev–Trinajstić information content (AvgIpc) is 2.61. The fourth-order valence-corrected chi connectivity index (χ4v) is 3.46. The number of carbonyl (C=O) groups excluding carboxylic acids is 1. The Morgan fingerprint density at radius 1 is 1.04 bits per heavy atom. The number of rotatable bonds is 6. The largest absolute Gasteiger partial charge is 0.497 e. The molecule has 0 aromatic heterocycles. The Labute approximate surface area is 146 Å². The topological polar surface area (TPSA) is 35.5 Å². The number of hydrogen-bond donors (Lipinski definition) is 0. The van der Waals surface area contributed by atoms with Gasteiger partial charge < -0.3 is 9.47 Å². The Kier molecular flexibility index (Phi) is 5.80. The maximum atomic E-state index is 13.0. The van der Waals surface area contributed by atoms with Crippen LogP contribution in [0.4, 0.5) is 0 Å². The van der Waals surface area contributed by atoms with E-state index in [4.69, 9.17) is 21.7 Å². The fourth-order valence-electron chi connectivity index (χ4n) is 2.12. The third kappa shape index (κ3) is 3.92. The molecule has 0 aliphatic rings. The summed E-state index contributed by atoms with van der Waals surface area (Å²) in [6.45, 7) is 1.79. The molecular formula is C18H18O3S2. The van der Waals surface area contributed by atoms with E-state index in [9.17, 15) is 4.79 Å². The normalized spacial score (nSPS) is 13.0. The van der Waals surface area contributed by atoms with Gasteiger partial charge in [-0.3, -0.25) is 4.79 Å². The molecule has 1 unspecified atom stereocenters. The number of carbonyl (C=O) groups is 1. The lowest BCUT2D eigenvalue weighted by Crippen LogP contribution is -2.40. The van der Waals surface area contributed by atoms with Gasteiger partial charge in [-0.25, -0.2) is 0 Å². The minimum atomic E-state index is -0.986. The van der Waals surface area contributed by atoms with E-state index in [2.05, 4.69) is 0 Å². The third-order valence-corrected chi connectivity index (χ3v) is 5.42. The van der Waals surface area contributed by atoms with Crippen molar-refractivity contribution in [3.63, 3.8) is 0 Å². The van der Waals surface area contributed by atoms with E-state index in [1.165, 1.54) is 18.9 Å². The maximum absolute atomic E-state index is 13.0. The summed E-state index contributed by atoms with van der Waals surface area (Å²) in [5, 5.41) is 0.257. The summed E-state index contributed by atoms with van der Waals surface area (Å²) in [5.41, 5.74) is 0.607. The number of thiocarbonyl (C=S) groups is 1. The minimum Gasteiger partial charge on any atom is -0.497 e.